The largest absolute Gasteiger partial charge is 0.370 e. The summed E-state index contributed by atoms with van der Waals surface area (Å²) in [6, 6.07) is 83.4. The van der Waals surface area contributed by atoms with Crippen molar-refractivity contribution in [1.29, 1.82) is 5.26 Å². The molecule has 7 nitrogen and oxygen atoms in total. The molecule has 0 fully saturated rings. The summed E-state index contributed by atoms with van der Waals surface area (Å²) in [5.41, 5.74) is 20.9. The van der Waals surface area contributed by atoms with Crippen LogP contribution in [0.2, 0.25) is 0 Å². The van der Waals surface area contributed by atoms with Crippen LogP contribution in [-0.2, 0) is 38.0 Å². The molecule has 0 atom stereocenters. The number of rotatable bonds is 7. The highest BCUT2D eigenvalue weighted by Crippen LogP contribution is 2.44. The molecular weight excluding hydrogens is 1420 g/mol. The predicted octanol–water partition coefficient (Wildman–Crippen LogP) is 32.0. The fourth-order valence-electron chi connectivity index (χ4n) is 13.0. The van der Waals surface area contributed by atoms with Crippen LogP contribution < -0.4 is 19.6 Å². The van der Waals surface area contributed by atoms with Crippen molar-refractivity contribution in [3.8, 4) is 6.07 Å². The lowest BCUT2D eigenvalue weighted by molar-refractivity contribution is 0.219. The van der Waals surface area contributed by atoms with E-state index in [9.17, 15) is 0 Å². The first-order chi connectivity index (χ1) is 53.0. The molecule has 0 N–H and O–H groups in total. The average molecular weight is 1580 g/mol. The number of aromatic nitrogens is 1. The van der Waals surface area contributed by atoms with Crippen molar-refractivity contribution >= 4 is 61.6 Å². The first kappa shape index (κ1) is 101. The van der Waals surface area contributed by atoms with E-state index in [1.807, 2.05) is 26.8 Å². The number of hydrogen-bond donors (Lipinski definition) is 0. The number of nitriles is 1. The van der Waals surface area contributed by atoms with Crippen molar-refractivity contribution in [2.24, 2.45) is 5.41 Å². The zero-order valence-corrected chi connectivity index (χ0v) is 82.0. The monoisotopic (exact) mass is 1580 g/mol. The van der Waals surface area contributed by atoms with Gasteiger partial charge in [-0.15, -0.1) is 0 Å². The van der Waals surface area contributed by atoms with Crippen LogP contribution in [0.1, 0.15) is 303 Å². The van der Waals surface area contributed by atoms with Crippen LogP contribution in [0.15, 0.2) is 224 Å². The van der Waals surface area contributed by atoms with E-state index < -0.39 is 0 Å². The fourth-order valence-corrected chi connectivity index (χ4v) is 13.0. The van der Waals surface area contributed by atoms with Crippen LogP contribution in [0.4, 0.5) is 39.8 Å². The Bertz CT molecular complexity index is 4390. The highest BCUT2D eigenvalue weighted by atomic mass is 15.2. The average Bonchev–Trinajstić information content (AvgIpc) is 1.15. The van der Waals surface area contributed by atoms with Gasteiger partial charge in [-0.05, 0) is 322 Å². The molecule has 0 bridgehead atoms. The molecule has 10 rings (SSSR count). The van der Waals surface area contributed by atoms with E-state index in [-0.39, 0.29) is 65.6 Å². The van der Waals surface area contributed by atoms with Crippen LogP contribution in [0.3, 0.4) is 0 Å². The third kappa shape index (κ3) is 30.9. The predicted molar refractivity (Wildman–Crippen MR) is 524 cm³/mol. The highest BCUT2D eigenvalue weighted by Gasteiger charge is 2.32. The number of benzene rings is 9. The van der Waals surface area contributed by atoms with Crippen molar-refractivity contribution < 1.29 is 0 Å². The Hall–Kier alpha value is -8.57. The Balaban J connectivity index is 0.000000305. The number of para-hydroxylation sites is 5. The van der Waals surface area contributed by atoms with E-state index in [1.54, 1.807) is 0 Å². The molecular formula is C110H163N7. The highest BCUT2D eigenvalue weighted by molar-refractivity contribution is 6.08. The van der Waals surface area contributed by atoms with Gasteiger partial charge < -0.3 is 29.1 Å². The van der Waals surface area contributed by atoms with Gasteiger partial charge in [-0.3, -0.25) is 0 Å². The minimum atomic E-state index is -0.153. The Morgan fingerprint density at radius 2 is 0.444 bits per heavy atom. The van der Waals surface area contributed by atoms with Crippen LogP contribution in [0.5, 0.6) is 0 Å². The molecule has 638 valence electrons. The zero-order valence-electron chi connectivity index (χ0n) is 82.0. The molecule has 7 heteroatoms. The summed E-state index contributed by atoms with van der Waals surface area (Å²) in [6.45, 7) is 87.4. The summed E-state index contributed by atoms with van der Waals surface area (Å²) in [4.78, 5) is 11.8. The molecule has 1 heterocycles. The Kier molecular flexibility index (Phi) is 33.7. The first-order valence-electron chi connectivity index (χ1n) is 42.9. The topological polar surface area (TPSA) is 44.9 Å². The van der Waals surface area contributed by atoms with E-state index >= 15 is 0 Å². The van der Waals surface area contributed by atoms with Gasteiger partial charge in [0.05, 0.1) is 6.07 Å². The Morgan fingerprint density at radius 1 is 0.231 bits per heavy atom. The maximum Gasteiger partial charge on any atom is 0.0680 e. The summed E-state index contributed by atoms with van der Waals surface area (Å²) in [5, 5.41) is 10.8. The molecule has 1 aromatic heterocycles. The van der Waals surface area contributed by atoms with Crippen molar-refractivity contribution in [2.75, 3.05) is 40.7 Å². The first-order valence-corrected chi connectivity index (χ1v) is 42.9. The van der Waals surface area contributed by atoms with Gasteiger partial charge >= 0.3 is 0 Å². The van der Waals surface area contributed by atoms with Gasteiger partial charge in [-0.2, -0.15) is 5.26 Å². The number of fused-ring (bicyclic) bond motifs is 3. The van der Waals surface area contributed by atoms with Crippen molar-refractivity contribution in [3.05, 3.63) is 258 Å². The van der Waals surface area contributed by atoms with Gasteiger partial charge in [0, 0.05) is 107 Å². The lowest BCUT2D eigenvalue weighted by atomic mass is 9.79. The van der Waals surface area contributed by atoms with E-state index in [2.05, 4.69) is 524 Å². The molecule has 10 aromatic rings. The fraction of sp³-hybridized carbons (Fsp3) is 0.500. The molecule has 0 unspecified atom stereocenters. The molecule has 0 aliphatic heterocycles. The molecule has 0 spiro atoms. The zero-order chi connectivity index (χ0) is 89.6. The van der Waals surface area contributed by atoms with Gasteiger partial charge in [0.2, 0.25) is 0 Å². The number of hydrogen-bond acceptors (Lipinski definition) is 6. The molecule has 0 aliphatic carbocycles. The van der Waals surface area contributed by atoms with Crippen molar-refractivity contribution in [1.82, 2.24) is 9.47 Å². The molecule has 117 heavy (non-hydrogen) atoms. The third-order valence-electron chi connectivity index (χ3n) is 20.9. The maximum atomic E-state index is 8.15. The maximum absolute atomic E-state index is 8.15. The lowest BCUT2D eigenvalue weighted by Crippen LogP contribution is -2.38. The third-order valence-corrected chi connectivity index (χ3v) is 20.9. The standard InChI is InChI=1S/C32H51N.C24H35N.C16H17N.C16H19N.C11H17N.C6H15N.C5H9N/c1-28(2,3)22-16-23(29(4,5)6)19-26(18-22)33(32(13,14)15)27-20-24(30(7,8)9)17-25(21-27)31(10,11)12;1-22(2,3)18-10-14-20(15-11-18)25(24(7,8)9)21-16-12-19(13-17-21)23(4,5)6;1-16(2,3)17-14-10-6-4-8-12(14)13-9-5-7-11-15(13)17;1-16(2,3)17(14-10-6-4-7-11-14)15-12-8-5-9-13-15;1-11(2,3)12(4)10-8-6-5-7-9-10;1-6(2,3)7(4)5;1-5(2,3)4-6/h16-21H,1-15H3;10-17H,1-9H3;4-11H,1-3H3;4-13H,1-3H3;5-9H,1-4H3;1-5H3;1-3H3. The van der Waals surface area contributed by atoms with E-state index in [0.717, 1.165) is 0 Å². The summed E-state index contributed by atoms with van der Waals surface area (Å²) in [6.07, 6.45) is 0. The molecule has 0 amide bonds. The normalized spacial score (nSPS) is 12.6. The molecule has 0 saturated heterocycles. The van der Waals surface area contributed by atoms with Crippen LogP contribution >= 0.6 is 0 Å². The molecule has 0 aliphatic rings. The van der Waals surface area contributed by atoms with E-state index in [4.69, 9.17) is 5.26 Å². The second-order valence-corrected chi connectivity index (χ2v) is 45.4. The smallest absolute Gasteiger partial charge is 0.0680 e. The van der Waals surface area contributed by atoms with Crippen molar-refractivity contribution in [2.45, 2.75) is 336 Å². The van der Waals surface area contributed by atoms with E-state index in [0.29, 0.717) is 5.54 Å². The van der Waals surface area contributed by atoms with Crippen LogP contribution in [0, 0.1) is 16.7 Å². The summed E-state index contributed by atoms with van der Waals surface area (Å²) >= 11 is 0. The minimum absolute atomic E-state index is 0.00645. The second-order valence-electron chi connectivity index (χ2n) is 45.4. The molecule has 0 radical (unpaired) electrons. The van der Waals surface area contributed by atoms with Crippen molar-refractivity contribution in [3.63, 3.8) is 0 Å². The number of anilines is 7. The van der Waals surface area contributed by atoms with Gasteiger partial charge in [-0.25, -0.2) is 0 Å². The summed E-state index contributed by atoms with van der Waals surface area (Å²) in [7, 11) is 6.29. The van der Waals surface area contributed by atoms with Gasteiger partial charge in [0.15, 0.2) is 0 Å². The molecule has 0 saturated carbocycles. The SMILES string of the molecule is CC(C)(C)C#N.CC(C)(C)N(c1ccccc1)c1ccccc1.CC(C)(C)c1cc(N(c2cc(C(C)(C)C)cc(C(C)(C)C)c2)C(C)(C)C)cc(C(C)(C)C)c1.CC(C)(C)c1ccc(N(c2ccc(C(C)(C)C)cc2)C(C)(C)C)cc1.CC(C)(C)n1c2ccccc2c2ccccc21.CN(C)C(C)(C)C.CN(c1ccccc1)C(C)(C)C. The quantitative estimate of drug-likeness (QED) is 0.158. The summed E-state index contributed by atoms with van der Waals surface area (Å²) < 4.78 is 2.43. The summed E-state index contributed by atoms with van der Waals surface area (Å²) in [5.74, 6) is 0. The molecule has 9 aromatic carbocycles. The van der Waals surface area contributed by atoms with Crippen LogP contribution in [-0.4, -0.2) is 58.3 Å². The van der Waals surface area contributed by atoms with E-state index in [1.165, 1.54) is 95.0 Å². The second kappa shape index (κ2) is 39.1. The van der Waals surface area contributed by atoms with Gasteiger partial charge in [0.25, 0.3) is 0 Å². The number of nitrogens with zero attached hydrogens (tertiary/aromatic N) is 7. The van der Waals surface area contributed by atoms with Gasteiger partial charge in [0.1, 0.15) is 0 Å². The van der Waals surface area contributed by atoms with Gasteiger partial charge in [-0.1, -0.05) is 252 Å². The lowest BCUT2D eigenvalue weighted by Gasteiger charge is -2.41. The Morgan fingerprint density at radius 3 is 0.650 bits per heavy atom. The minimum Gasteiger partial charge on any atom is -0.370 e. The Labute approximate surface area is 717 Å². The van der Waals surface area contributed by atoms with Crippen LogP contribution in [0.25, 0.3) is 21.8 Å².